The number of carbonyl (C=O) groups is 1. The Morgan fingerprint density at radius 3 is 3.00 bits per heavy atom. The van der Waals surface area contributed by atoms with Crippen molar-refractivity contribution in [2.45, 2.75) is 19.8 Å². The Labute approximate surface area is 118 Å². The first-order valence-electron chi connectivity index (χ1n) is 6.78. The van der Waals surface area contributed by atoms with Crippen molar-refractivity contribution in [3.63, 3.8) is 0 Å². The summed E-state index contributed by atoms with van der Waals surface area (Å²) in [5.74, 6) is -0.118. The quantitative estimate of drug-likeness (QED) is 0.863. The van der Waals surface area contributed by atoms with Gasteiger partial charge in [0.2, 0.25) is 0 Å². The number of pyridine rings is 1. The van der Waals surface area contributed by atoms with Gasteiger partial charge in [-0.3, -0.25) is 4.79 Å². The van der Waals surface area contributed by atoms with E-state index in [0.717, 1.165) is 18.5 Å². The molecule has 2 N–H and O–H groups in total. The molecule has 0 spiro atoms. The van der Waals surface area contributed by atoms with Crippen LogP contribution in [0.5, 0.6) is 0 Å². The molecule has 1 aliphatic rings. The summed E-state index contributed by atoms with van der Waals surface area (Å²) >= 11 is 0. The SMILES string of the molecule is Cc1ccc2c(c1)CCCN2C(=O)c1ncccc1N. The monoisotopic (exact) mass is 267 g/mol. The summed E-state index contributed by atoms with van der Waals surface area (Å²) in [5.41, 5.74) is 10.0. The molecule has 20 heavy (non-hydrogen) atoms. The topological polar surface area (TPSA) is 59.2 Å². The molecule has 2 aromatic rings. The van der Waals surface area contributed by atoms with Crippen molar-refractivity contribution in [3.05, 3.63) is 53.3 Å². The predicted octanol–water partition coefficient (Wildman–Crippen LogP) is 2.57. The number of nitrogen functional groups attached to an aromatic ring is 1. The molecule has 1 amide bonds. The van der Waals surface area contributed by atoms with Crippen LogP contribution < -0.4 is 10.6 Å². The number of anilines is 2. The summed E-state index contributed by atoms with van der Waals surface area (Å²) in [6.07, 6.45) is 3.58. The van der Waals surface area contributed by atoms with Crippen LogP contribution in [0.1, 0.15) is 28.0 Å². The number of hydrogen-bond acceptors (Lipinski definition) is 3. The van der Waals surface area contributed by atoms with Gasteiger partial charge in [-0.25, -0.2) is 4.98 Å². The molecule has 0 unspecified atom stereocenters. The molecule has 1 aliphatic heterocycles. The van der Waals surface area contributed by atoms with Crippen molar-refractivity contribution in [1.29, 1.82) is 0 Å². The highest BCUT2D eigenvalue weighted by Crippen LogP contribution is 2.29. The first-order valence-corrected chi connectivity index (χ1v) is 6.78. The van der Waals surface area contributed by atoms with Crippen LogP contribution in [0.15, 0.2) is 36.5 Å². The van der Waals surface area contributed by atoms with E-state index in [2.05, 4.69) is 18.0 Å². The first kappa shape index (κ1) is 12.7. The lowest BCUT2D eigenvalue weighted by molar-refractivity contribution is 0.0981. The molecule has 0 atom stereocenters. The number of aromatic nitrogens is 1. The van der Waals surface area contributed by atoms with Crippen molar-refractivity contribution < 1.29 is 4.79 Å². The fourth-order valence-corrected chi connectivity index (χ4v) is 2.66. The Morgan fingerprint density at radius 1 is 1.35 bits per heavy atom. The number of nitrogens with two attached hydrogens (primary N) is 1. The van der Waals surface area contributed by atoms with E-state index in [1.165, 1.54) is 11.1 Å². The number of fused-ring (bicyclic) bond motifs is 1. The highest BCUT2D eigenvalue weighted by Gasteiger charge is 2.25. The zero-order chi connectivity index (χ0) is 14.1. The summed E-state index contributed by atoms with van der Waals surface area (Å²) in [4.78, 5) is 18.6. The normalized spacial score (nSPS) is 13.9. The minimum Gasteiger partial charge on any atom is -0.397 e. The number of hydrogen-bond donors (Lipinski definition) is 1. The maximum Gasteiger partial charge on any atom is 0.279 e. The van der Waals surface area contributed by atoms with Crippen LogP contribution in [0.3, 0.4) is 0 Å². The van der Waals surface area contributed by atoms with Gasteiger partial charge in [0.1, 0.15) is 0 Å². The number of rotatable bonds is 1. The minimum atomic E-state index is -0.118. The lowest BCUT2D eigenvalue weighted by atomic mass is 9.99. The van der Waals surface area contributed by atoms with E-state index in [1.807, 2.05) is 12.1 Å². The lowest BCUT2D eigenvalue weighted by Gasteiger charge is -2.29. The second-order valence-electron chi connectivity index (χ2n) is 5.13. The molecule has 0 saturated heterocycles. The fourth-order valence-electron chi connectivity index (χ4n) is 2.66. The number of carbonyl (C=O) groups excluding carboxylic acids is 1. The van der Waals surface area contributed by atoms with Crippen LogP contribution >= 0.6 is 0 Å². The lowest BCUT2D eigenvalue weighted by Crippen LogP contribution is -2.36. The Kier molecular flexibility index (Phi) is 3.14. The maximum absolute atomic E-state index is 12.7. The molecule has 1 aromatic heterocycles. The van der Waals surface area contributed by atoms with E-state index in [1.54, 1.807) is 23.2 Å². The van der Waals surface area contributed by atoms with E-state index >= 15 is 0 Å². The molecule has 0 bridgehead atoms. The average molecular weight is 267 g/mol. The molecular formula is C16H17N3O. The second kappa shape index (κ2) is 4.96. The Balaban J connectivity index is 2.01. The number of nitrogens with zero attached hydrogens (tertiary/aromatic N) is 2. The van der Waals surface area contributed by atoms with Gasteiger partial charge in [-0.15, -0.1) is 0 Å². The first-order chi connectivity index (χ1) is 9.66. The van der Waals surface area contributed by atoms with Gasteiger partial charge >= 0.3 is 0 Å². The number of amides is 1. The van der Waals surface area contributed by atoms with E-state index in [4.69, 9.17) is 5.73 Å². The zero-order valence-electron chi connectivity index (χ0n) is 11.5. The van der Waals surface area contributed by atoms with Gasteiger partial charge in [0.15, 0.2) is 5.69 Å². The molecular weight excluding hydrogens is 250 g/mol. The summed E-state index contributed by atoms with van der Waals surface area (Å²) in [6.45, 7) is 2.78. The van der Waals surface area contributed by atoms with Gasteiger partial charge in [0.25, 0.3) is 5.91 Å². The van der Waals surface area contributed by atoms with Crippen molar-refractivity contribution >= 4 is 17.3 Å². The summed E-state index contributed by atoms with van der Waals surface area (Å²) in [5, 5.41) is 0. The molecule has 0 radical (unpaired) electrons. The van der Waals surface area contributed by atoms with Gasteiger partial charge in [-0.2, -0.15) is 0 Å². The van der Waals surface area contributed by atoms with E-state index < -0.39 is 0 Å². The molecule has 102 valence electrons. The molecule has 0 fully saturated rings. The molecule has 0 saturated carbocycles. The van der Waals surface area contributed by atoms with Crippen LogP contribution in [0.2, 0.25) is 0 Å². The fraction of sp³-hybridized carbons (Fsp3) is 0.250. The van der Waals surface area contributed by atoms with Crippen molar-refractivity contribution in [3.8, 4) is 0 Å². The highest BCUT2D eigenvalue weighted by atomic mass is 16.2. The van der Waals surface area contributed by atoms with Crippen LogP contribution in [-0.4, -0.2) is 17.4 Å². The van der Waals surface area contributed by atoms with Gasteiger partial charge in [-0.05, 0) is 43.5 Å². The second-order valence-corrected chi connectivity index (χ2v) is 5.13. The Bertz CT molecular complexity index is 667. The van der Waals surface area contributed by atoms with Crippen LogP contribution in [0.25, 0.3) is 0 Å². The summed E-state index contributed by atoms with van der Waals surface area (Å²) in [7, 11) is 0. The van der Waals surface area contributed by atoms with E-state index in [0.29, 0.717) is 17.9 Å². The predicted molar refractivity (Wildman–Crippen MR) is 79.8 cm³/mol. The van der Waals surface area contributed by atoms with E-state index in [-0.39, 0.29) is 5.91 Å². The van der Waals surface area contributed by atoms with Crippen molar-refractivity contribution in [2.24, 2.45) is 0 Å². The Morgan fingerprint density at radius 2 is 2.20 bits per heavy atom. The molecule has 0 aliphatic carbocycles. The smallest absolute Gasteiger partial charge is 0.279 e. The van der Waals surface area contributed by atoms with Crippen molar-refractivity contribution in [1.82, 2.24) is 4.98 Å². The third-order valence-corrected chi connectivity index (χ3v) is 3.64. The van der Waals surface area contributed by atoms with E-state index in [9.17, 15) is 4.79 Å². The van der Waals surface area contributed by atoms with Crippen LogP contribution in [-0.2, 0) is 6.42 Å². The largest absolute Gasteiger partial charge is 0.397 e. The molecule has 1 aromatic carbocycles. The maximum atomic E-state index is 12.7. The molecule has 3 rings (SSSR count). The number of aryl methyl sites for hydroxylation is 2. The molecule has 4 heteroatoms. The van der Waals surface area contributed by atoms with Crippen LogP contribution in [0.4, 0.5) is 11.4 Å². The summed E-state index contributed by atoms with van der Waals surface area (Å²) in [6, 6.07) is 9.64. The summed E-state index contributed by atoms with van der Waals surface area (Å²) < 4.78 is 0. The van der Waals surface area contributed by atoms with Gasteiger partial charge < -0.3 is 10.6 Å². The van der Waals surface area contributed by atoms with Gasteiger partial charge in [0.05, 0.1) is 5.69 Å². The van der Waals surface area contributed by atoms with Gasteiger partial charge in [-0.1, -0.05) is 17.7 Å². The third kappa shape index (κ3) is 2.13. The number of benzene rings is 1. The average Bonchev–Trinajstić information content (AvgIpc) is 2.46. The highest BCUT2D eigenvalue weighted by molar-refractivity contribution is 6.08. The third-order valence-electron chi connectivity index (χ3n) is 3.64. The zero-order valence-corrected chi connectivity index (χ0v) is 11.5. The van der Waals surface area contributed by atoms with Crippen molar-refractivity contribution in [2.75, 3.05) is 17.2 Å². The molecule has 4 nitrogen and oxygen atoms in total. The standard InChI is InChI=1S/C16H17N3O/c1-11-6-7-14-12(10-11)4-3-9-19(14)16(20)15-13(17)5-2-8-18-15/h2,5-8,10H,3-4,9,17H2,1H3. The van der Waals surface area contributed by atoms with Gasteiger partial charge in [0, 0.05) is 18.4 Å². The minimum absolute atomic E-state index is 0.118. The Hall–Kier alpha value is -2.36. The van der Waals surface area contributed by atoms with Crippen LogP contribution in [0, 0.1) is 6.92 Å². The molecule has 2 heterocycles.